The number of nitrogens with one attached hydrogen (secondary N) is 1. The second kappa shape index (κ2) is 9.48. The highest BCUT2D eigenvalue weighted by atomic mass is 127. The summed E-state index contributed by atoms with van der Waals surface area (Å²) in [5.41, 5.74) is 3.07. The van der Waals surface area contributed by atoms with E-state index in [1.54, 1.807) is 0 Å². The van der Waals surface area contributed by atoms with Crippen LogP contribution in [-0.4, -0.2) is 37.0 Å². The molecule has 0 saturated carbocycles. The van der Waals surface area contributed by atoms with Gasteiger partial charge >= 0.3 is 0 Å². The van der Waals surface area contributed by atoms with Crippen molar-refractivity contribution in [1.82, 2.24) is 10.2 Å². The number of hydrogen-bond acceptors (Lipinski definition) is 2. The molecule has 0 bridgehead atoms. The van der Waals surface area contributed by atoms with Crippen molar-refractivity contribution < 1.29 is 9.18 Å². The van der Waals surface area contributed by atoms with Crippen molar-refractivity contribution in [1.29, 1.82) is 0 Å². The highest BCUT2D eigenvalue weighted by Crippen LogP contribution is 2.30. The highest BCUT2D eigenvalue weighted by molar-refractivity contribution is 14.1. The third-order valence-corrected chi connectivity index (χ3v) is 5.23. The molecule has 2 rings (SSSR count). The Morgan fingerprint density at radius 3 is 2.64 bits per heavy atom. The van der Waals surface area contributed by atoms with E-state index in [0.29, 0.717) is 24.1 Å². The Bertz CT molecular complexity index is 693. The van der Waals surface area contributed by atoms with E-state index in [2.05, 4.69) is 46.7 Å². The third kappa shape index (κ3) is 5.38. The van der Waals surface area contributed by atoms with Gasteiger partial charge in [-0.1, -0.05) is 25.5 Å². The molecule has 136 valence electrons. The molecule has 0 aliphatic heterocycles. The minimum Gasteiger partial charge on any atom is -0.351 e. The van der Waals surface area contributed by atoms with Gasteiger partial charge in [-0.2, -0.15) is 0 Å². The monoisotopic (exact) mass is 456 g/mol. The van der Waals surface area contributed by atoms with Crippen LogP contribution < -0.4 is 5.32 Å². The Balaban J connectivity index is 2.24. The first-order valence-corrected chi connectivity index (χ1v) is 9.90. The SMILES string of the molecule is CCN(CC)CCNC(=O)c1cc(I)cc2c1CC/C(C)=C/C=C2F. The van der Waals surface area contributed by atoms with Gasteiger partial charge < -0.3 is 10.2 Å². The van der Waals surface area contributed by atoms with Crippen LogP contribution in [0.3, 0.4) is 0 Å². The predicted molar refractivity (Wildman–Crippen MR) is 110 cm³/mol. The summed E-state index contributed by atoms with van der Waals surface area (Å²) in [6.07, 6.45) is 4.83. The first-order valence-electron chi connectivity index (χ1n) is 8.82. The predicted octanol–water partition coefficient (Wildman–Crippen LogP) is 4.57. The highest BCUT2D eigenvalue weighted by Gasteiger charge is 2.19. The second-order valence-electron chi connectivity index (χ2n) is 6.29. The molecule has 1 aromatic carbocycles. The van der Waals surface area contributed by atoms with Gasteiger partial charge in [0.05, 0.1) is 0 Å². The molecular weight excluding hydrogens is 430 g/mol. The van der Waals surface area contributed by atoms with Crippen molar-refractivity contribution in [3.63, 3.8) is 0 Å². The third-order valence-electron chi connectivity index (χ3n) is 4.61. The smallest absolute Gasteiger partial charge is 0.251 e. The summed E-state index contributed by atoms with van der Waals surface area (Å²) in [4.78, 5) is 15.0. The number of likely N-dealkylation sites (N-methyl/N-ethyl adjacent to an activating group) is 1. The van der Waals surface area contributed by atoms with Crippen molar-refractivity contribution in [3.05, 3.63) is 50.1 Å². The van der Waals surface area contributed by atoms with Gasteiger partial charge in [0.25, 0.3) is 5.91 Å². The summed E-state index contributed by atoms with van der Waals surface area (Å²) in [5.74, 6) is -0.387. The molecule has 0 spiro atoms. The molecule has 0 heterocycles. The van der Waals surface area contributed by atoms with Gasteiger partial charge in [-0.05, 0) is 79.2 Å². The molecule has 1 aliphatic carbocycles. The zero-order valence-electron chi connectivity index (χ0n) is 15.2. The Morgan fingerprint density at radius 1 is 1.24 bits per heavy atom. The van der Waals surface area contributed by atoms with E-state index < -0.39 is 0 Å². The van der Waals surface area contributed by atoms with Gasteiger partial charge in [-0.3, -0.25) is 4.79 Å². The second-order valence-corrected chi connectivity index (χ2v) is 7.54. The van der Waals surface area contributed by atoms with Gasteiger partial charge in [-0.15, -0.1) is 0 Å². The minimum atomic E-state index is -0.273. The fourth-order valence-electron chi connectivity index (χ4n) is 3.00. The molecule has 0 aromatic heterocycles. The van der Waals surface area contributed by atoms with Crippen LogP contribution in [0.1, 0.15) is 48.7 Å². The van der Waals surface area contributed by atoms with Crippen LogP contribution in [0.25, 0.3) is 5.83 Å². The molecule has 5 heteroatoms. The molecule has 1 N–H and O–H groups in total. The maximum atomic E-state index is 14.5. The van der Waals surface area contributed by atoms with Crippen molar-refractivity contribution in [2.24, 2.45) is 0 Å². The van der Waals surface area contributed by atoms with E-state index in [0.717, 1.165) is 40.8 Å². The number of benzene rings is 1. The van der Waals surface area contributed by atoms with E-state index in [1.165, 1.54) is 6.08 Å². The molecule has 1 amide bonds. The lowest BCUT2D eigenvalue weighted by molar-refractivity contribution is 0.0948. The average molecular weight is 456 g/mol. The van der Waals surface area contributed by atoms with Gasteiger partial charge in [0.2, 0.25) is 0 Å². The first kappa shape index (κ1) is 20.1. The van der Waals surface area contributed by atoms with Gasteiger partial charge in [0.15, 0.2) is 0 Å². The van der Waals surface area contributed by atoms with Crippen LogP contribution in [0.4, 0.5) is 4.39 Å². The number of carbonyl (C=O) groups is 1. The van der Waals surface area contributed by atoms with Gasteiger partial charge in [0, 0.05) is 27.8 Å². The van der Waals surface area contributed by atoms with Crippen LogP contribution >= 0.6 is 22.6 Å². The number of fused-ring (bicyclic) bond motifs is 1. The van der Waals surface area contributed by atoms with E-state index in [4.69, 9.17) is 0 Å². The lowest BCUT2D eigenvalue weighted by atomic mass is 9.92. The lowest BCUT2D eigenvalue weighted by Crippen LogP contribution is -2.35. The summed E-state index contributed by atoms with van der Waals surface area (Å²) in [6, 6.07) is 3.68. The first-order chi connectivity index (χ1) is 12.0. The number of hydrogen-bond donors (Lipinski definition) is 1. The number of amides is 1. The van der Waals surface area contributed by atoms with E-state index in [-0.39, 0.29) is 11.7 Å². The van der Waals surface area contributed by atoms with E-state index in [1.807, 2.05) is 25.1 Å². The van der Waals surface area contributed by atoms with Crippen LogP contribution in [0.15, 0.2) is 29.9 Å². The standard InChI is InChI=1S/C20H26FIN2O/c1-4-24(5-2)11-10-23-20(25)18-13-15(22)12-17-16(18)8-6-14(3)7-9-19(17)21/h7,9,12-13H,4-6,8,10-11H2,1-3H3,(H,23,25)/b14-7+,19-9?. The largest absolute Gasteiger partial charge is 0.351 e. The zero-order chi connectivity index (χ0) is 18.4. The molecule has 0 saturated heterocycles. The summed E-state index contributed by atoms with van der Waals surface area (Å²) in [5, 5.41) is 3.00. The molecule has 0 fully saturated rings. The molecule has 0 radical (unpaired) electrons. The summed E-state index contributed by atoms with van der Waals surface area (Å²) >= 11 is 2.14. The van der Waals surface area contributed by atoms with E-state index in [9.17, 15) is 9.18 Å². The number of halogens is 2. The number of rotatable bonds is 6. The lowest BCUT2D eigenvalue weighted by Gasteiger charge is -2.19. The maximum absolute atomic E-state index is 14.5. The molecule has 0 unspecified atom stereocenters. The van der Waals surface area contributed by atoms with Crippen molar-refractivity contribution >= 4 is 34.3 Å². The Kier molecular flexibility index (Phi) is 7.62. The van der Waals surface area contributed by atoms with Gasteiger partial charge in [0.1, 0.15) is 5.83 Å². The Hall–Kier alpha value is -1.21. The summed E-state index contributed by atoms with van der Waals surface area (Å²) in [6.45, 7) is 9.56. The summed E-state index contributed by atoms with van der Waals surface area (Å²) < 4.78 is 15.4. The zero-order valence-corrected chi connectivity index (χ0v) is 17.3. The molecule has 0 atom stereocenters. The maximum Gasteiger partial charge on any atom is 0.251 e. The number of allylic oxidation sites excluding steroid dienone is 3. The van der Waals surface area contributed by atoms with Gasteiger partial charge in [-0.25, -0.2) is 4.39 Å². The minimum absolute atomic E-state index is 0.114. The number of nitrogens with zero attached hydrogens (tertiary/aromatic N) is 1. The summed E-state index contributed by atoms with van der Waals surface area (Å²) in [7, 11) is 0. The van der Waals surface area contributed by atoms with E-state index >= 15 is 0 Å². The topological polar surface area (TPSA) is 32.3 Å². The normalized spacial score (nSPS) is 16.4. The molecule has 25 heavy (non-hydrogen) atoms. The fraction of sp³-hybridized carbons (Fsp3) is 0.450. The average Bonchev–Trinajstić information content (AvgIpc) is 2.60. The van der Waals surface area contributed by atoms with Crippen LogP contribution in [-0.2, 0) is 6.42 Å². The van der Waals surface area contributed by atoms with Crippen molar-refractivity contribution in [2.75, 3.05) is 26.2 Å². The Labute approximate surface area is 163 Å². The number of carbonyl (C=O) groups excluding carboxylic acids is 1. The molecular formula is C20H26FIN2O. The van der Waals surface area contributed by atoms with Crippen molar-refractivity contribution in [2.45, 2.75) is 33.6 Å². The van der Waals surface area contributed by atoms with Crippen LogP contribution in [0.5, 0.6) is 0 Å². The van der Waals surface area contributed by atoms with Crippen LogP contribution in [0, 0.1) is 3.57 Å². The molecule has 1 aromatic rings. The molecule has 3 nitrogen and oxygen atoms in total. The van der Waals surface area contributed by atoms with Crippen LogP contribution in [0.2, 0.25) is 0 Å². The quantitative estimate of drug-likeness (QED) is 0.637. The molecule has 1 aliphatic rings. The van der Waals surface area contributed by atoms with Crippen molar-refractivity contribution in [3.8, 4) is 0 Å². The Morgan fingerprint density at radius 2 is 1.96 bits per heavy atom. The fourth-order valence-corrected chi connectivity index (χ4v) is 3.62.